The van der Waals surface area contributed by atoms with Gasteiger partial charge in [-0.15, -0.1) is 0 Å². The first kappa shape index (κ1) is 35.4. The molecule has 226 valence electrons. The van der Waals surface area contributed by atoms with Crippen LogP contribution in [0.15, 0.2) is 36.4 Å². The van der Waals surface area contributed by atoms with Gasteiger partial charge in [0.05, 0.1) is 12.5 Å². The highest BCUT2D eigenvalue weighted by Crippen LogP contribution is 2.21. The van der Waals surface area contributed by atoms with Gasteiger partial charge in [-0.25, -0.2) is 4.79 Å². The van der Waals surface area contributed by atoms with Crippen LogP contribution >= 0.6 is 0 Å². The van der Waals surface area contributed by atoms with Crippen molar-refractivity contribution in [3.63, 3.8) is 0 Å². The molecule has 0 saturated carbocycles. The number of allylic oxidation sites excluding steroid dienone is 1. The van der Waals surface area contributed by atoms with Gasteiger partial charge in [0.15, 0.2) is 5.60 Å². The predicted molar refractivity (Wildman–Crippen MR) is 161 cm³/mol. The normalized spacial score (nSPS) is 13.6. The number of hydrogen-bond acceptors (Lipinski definition) is 5. The fourth-order valence-electron chi connectivity index (χ4n) is 4.41. The molecule has 7 heteroatoms. The van der Waals surface area contributed by atoms with Crippen molar-refractivity contribution in [2.24, 2.45) is 5.92 Å². The van der Waals surface area contributed by atoms with E-state index in [1.54, 1.807) is 6.08 Å². The number of nitrogens with one attached hydrogen (secondary N) is 1. The molecule has 1 aromatic carbocycles. The number of carboxylic acid groups (broad SMARTS) is 1. The van der Waals surface area contributed by atoms with Crippen molar-refractivity contribution >= 4 is 17.7 Å². The van der Waals surface area contributed by atoms with Crippen LogP contribution in [0.3, 0.4) is 0 Å². The third kappa shape index (κ3) is 15.2. The average molecular weight is 560 g/mol. The summed E-state index contributed by atoms with van der Waals surface area (Å²) in [6.45, 7) is 6.46. The molecule has 0 aliphatic rings. The fourth-order valence-corrected chi connectivity index (χ4v) is 4.41. The highest BCUT2D eigenvalue weighted by molar-refractivity contribution is 5.90. The molecular formula is C33H53NO6. The number of ketones is 1. The average Bonchev–Trinajstić information content (AvgIpc) is 2.92. The number of aliphatic hydroxyl groups is 1. The quantitative estimate of drug-likeness (QED) is 0.0948. The lowest BCUT2D eigenvalue weighted by atomic mass is 9.87. The Hall–Kier alpha value is -2.67. The van der Waals surface area contributed by atoms with E-state index in [4.69, 9.17) is 4.74 Å². The minimum atomic E-state index is -2.21. The molecule has 3 N–H and O–H groups in total. The van der Waals surface area contributed by atoms with Crippen molar-refractivity contribution < 1.29 is 29.3 Å². The lowest BCUT2D eigenvalue weighted by Crippen LogP contribution is -2.49. The van der Waals surface area contributed by atoms with E-state index in [-0.39, 0.29) is 0 Å². The Kier molecular flexibility index (Phi) is 18.7. The summed E-state index contributed by atoms with van der Waals surface area (Å²) in [5.74, 6) is -1.99. The zero-order valence-corrected chi connectivity index (χ0v) is 25.1. The second-order valence-corrected chi connectivity index (χ2v) is 10.9. The molecule has 0 aliphatic heterocycles. The number of benzene rings is 1. The SMILES string of the molecule is CCCCCCCC(=O)CCCCCCC=C[C@H](C(=O)NCCc1ccc(OCCCC)cc1)[C@](C)(O)C(=O)O. The first-order chi connectivity index (χ1) is 19.2. The zero-order valence-electron chi connectivity index (χ0n) is 25.1. The maximum Gasteiger partial charge on any atom is 0.336 e. The van der Waals surface area contributed by atoms with E-state index in [0.29, 0.717) is 44.6 Å². The summed E-state index contributed by atoms with van der Waals surface area (Å²) in [7, 11) is 0. The Labute approximate surface area is 241 Å². The molecule has 0 aliphatic carbocycles. The van der Waals surface area contributed by atoms with Crippen LogP contribution in [0.5, 0.6) is 5.75 Å². The van der Waals surface area contributed by atoms with Crippen molar-refractivity contribution in [3.05, 3.63) is 42.0 Å². The Morgan fingerprint density at radius 2 is 1.50 bits per heavy atom. The molecule has 40 heavy (non-hydrogen) atoms. The third-order valence-corrected chi connectivity index (χ3v) is 7.19. The smallest absolute Gasteiger partial charge is 0.336 e. The standard InChI is InChI=1S/C33H53NO6/c1-4-6-8-11-14-17-28(35)18-15-12-9-10-13-16-19-30(33(3,39)32(37)38)31(36)34-25-24-27-20-22-29(23-21-27)40-26-7-5-2/h16,19-23,30,39H,4-15,17-18,24-26H2,1-3H3,(H,34,36)(H,37,38)/t30-,33+/m1/s1. The van der Waals surface area contributed by atoms with Gasteiger partial charge in [-0.3, -0.25) is 9.59 Å². The molecule has 1 rings (SSSR count). The topological polar surface area (TPSA) is 113 Å². The molecule has 0 aromatic heterocycles. The lowest BCUT2D eigenvalue weighted by molar-refractivity contribution is -0.163. The number of Topliss-reactive ketones (excluding diaryl/α,β-unsaturated/α-hetero) is 1. The Morgan fingerprint density at radius 3 is 2.10 bits per heavy atom. The molecule has 0 radical (unpaired) electrons. The molecule has 2 atom stereocenters. The zero-order chi connectivity index (χ0) is 29.6. The van der Waals surface area contributed by atoms with Gasteiger partial charge in [0.2, 0.25) is 5.91 Å². The minimum absolute atomic E-state index is 0.326. The highest BCUT2D eigenvalue weighted by atomic mass is 16.5. The van der Waals surface area contributed by atoms with Gasteiger partial charge in [-0.05, 0) is 63.1 Å². The number of carbonyl (C=O) groups is 3. The van der Waals surface area contributed by atoms with Crippen molar-refractivity contribution in [1.29, 1.82) is 0 Å². The van der Waals surface area contributed by atoms with Crippen molar-refractivity contribution in [1.82, 2.24) is 5.32 Å². The molecule has 1 amide bonds. The third-order valence-electron chi connectivity index (χ3n) is 7.19. The Balaban J connectivity index is 2.40. The van der Waals surface area contributed by atoms with Gasteiger partial charge >= 0.3 is 5.97 Å². The van der Waals surface area contributed by atoms with Crippen LogP contribution in [0.1, 0.15) is 116 Å². The van der Waals surface area contributed by atoms with Crippen LogP contribution in [-0.2, 0) is 20.8 Å². The fraction of sp³-hybridized carbons (Fsp3) is 0.667. The molecule has 1 aromatic rings. The van der Waals surface area contributed by atoms with Gasteiger partial charge in [-0.2, -0.15) is 0 Å². The largest absolute Gasteiger partial charge is 0.494 e. The maximum atomic E-state index is 12.8. The summed E-state index contributed by atoms with van der Waals surface area (Å²) < 4.78 is 5.67. The van der Waals surface area contributed by atoms with Crippen LogP contribution in [-0.4, -0.2) is 46.6 Å². The van der Waals surface area contributed by atoms with Crippen LogP contribution in [0.2, 0.25) is 0 Å². The van der Waals surface area contributed by atoms with E-state index in [1.165, 1.54) is 25.3 Å². The van der Waals surface area contributed by atoms with E-state index in [2.05, 4.69) is 19.2 Å². The molecule has 0 bridgehead atoms. The number of rotatable bonds is 24. The van der Waals surface area contributed by atoms with Crippen LogP contribution in [0.4, 0.5) is 0 Å². The monoisotopic (exact) mass is 559 g/mol. The van der Waals surface area contributed by atoms with Crippen LogP contribution in [0.25, 0.3) is 0 Å². The minimum Gasteiger partial charge on any atom is -0.494 e. The van der Waals surface area contributed by atoms with Gasteiger partial charge in [0.25, 0.3) is 0 Å². The van der Waals surface area contributed by atoms with E-state index in [0.717, 1.165) is 69.6 Å². The van der Waals surface area contributed by atoms with Gasteiger partial charge in [0.1, 0.15) is 11.5 Å². The van der Waals surface area contributed by atoms with E-state index in [1.807, 2.05) is 24.3 Å². The summed E-state index contributed by atoms with van der Waals surface area (Å²) >= 11 is 0. The number of amides is 1. The number of carbonyl (C=O) groups excluding carboxylic acids is 2. The first-order valence-electron chi connectivity index (χ1n) is 15.4. The summed E-state index contributed by atoms with van der Waals surface area (Å²) in [5, 5.41) is 22.8. The molecule has 0 unspecified atom stereocenters. The molecule has 0 spiro atoms. The van der Waals surface area contributed by atoms with Crippen LogP contribution in [0, 0.1) is 5.92 Å². The van der Waals surface area contributed by atoms with Crippen molar-refractivity contribution in [2.75, 3.05) is 13.2 Å². The molecule has 0 heterocycles. The highest BCUT2D eigenvalue weighted by Gasteiger charge is 2.42. The van der Waals surface area contributed by atoms with E-state index < -0.39 is 23.4 Å². The summed E-state index contributed by atoms with van der Waals surface area (Å²) in [4.78, 5) is 36.5. The predicted octanol–water partition coefficient (Wildman–Crippen LogP) is 6.80. The first-order valence-corrected chi connectivity index (χ1v) is 15.4. The molecule has 7 nitrogen and oxygen atoms in total. The molecular weight excluding hydrogens is 506 g/mol. The van der Waals surface area contributed by atoms with Gasteiger partial charge in [0, 0.05) is 19.4 Å². The maximum absolute atomic E-state index is 12.8. The second-order valence-electron chi connectivity index (χ2n) is 10.9. The summed E-state index contributed by atoms with van der Waals surface area (Å²) in [6.07, 6.45) is 17.5. The summed E-state index contributed by atoms with van der Waals surface area (Å²) in [5.41, 5.74) is -1.19. The number of carboxylic acids is 1. The van der Waals surface area contributed by atoms with Gasteiger partial charge in [-0.1, -0.05) is 83.1 Å². The Bertz CT molecular complexity index is 877. The number of hydrogen-bond donors (Lipinski definition) is 3. The second kappa shape index (κ2) is 21.1. The molecule has 0 saturated heterocycles. The van der Waals surface area contributed by atoms with Crippen molar-refractivity contribution in [2.45, 2.75) is 123 Å². The lowest BCUT2D eigenvalue weighted by Gasteiger charge is -2.25. The van der Waals surface area contributed by atoms with E-state index >= 15 is 0 Å². The van der Waals surface area contributed by atoms with Crippen molar-refractivity contribution in [3.8, 4) is 5.75 Å². The number of unbranched alkanes of at least 4 members (excludes halogenated alkanes) is 9. The summed E-state index contributed by atoms with van der Waals surface area (Å²) in [6, 6.07) is 7.70. The molecule has 0 fully saturated rings. The number of ether oxygens (including phenoxy) is 1. The van der Waals surface area contributed by atoms with Gasteiger partial charge < -0.3 is 20.3 Å². The number of aliphatic carboxylic acids is 1. The Morgan fingerprint density at radius 1 is 0.900 bits per heavy atom. The van der Waals surface area contributed by atoms with Crippen LogP contribution < -0.4 is 10.1 Å². The van der Waals surface area contributed by atoms with E-state index in [9.17, 15) is 24.6 Å².